The van der Waals surface area contributed by atoms with Gasteiger partial charge in [0.2, 0.25) is 11.8 Å². The third-order valence-corrected chi connectivity index (χ3v) is 5.13. The molecule has 1 aromatic heterocycles. The Morgan fingerprint density at radius 1 is 1.12 bits per heavy atom. The van der Waals surface area contributed by atoms with Gasteiger partial charge in [-0.05, 0) is 48.7 Å². The fourth-order valence-corrected chi connectivity index (χ4v) is 3.59. The van der Waals surface area contributed by atoms with E-state index in [1.807, 2.05) is 12.1 Å². The molecule has 6 heteroatoms. The van der Waals surface area contributed by atoms with Crippen LogP contribution in [0, 0.1) is 5.82 Å². The molecule has 1 saturated heterocycles. The van der Waals surface area contributed by atoms with Gasteiger partial charge in [0.05, 0.1) is 6.54 Å². The van der Waals surface area contributed by atoms with E-state index in [4.69, 9.17) is 0 Å². The van der Waals surface area contributed by atoms with E-state index in [2.05, 4.69) is 5.32 Å². The monoisotopic (exact) mass is 358 g/mol. The van der Waals surface area contributed by atoms with E-state index in [0.717, 1.165) is 41.2 Å². The van der Waals surface area contributed by atoms with Crippen LogP contribution in [0.1, 0.15) is 17.7 Å². The lowest BCUT2D eigenvalue weighted by Gasteiger charge is -2.14. The van der Waals surface area contributed by atoms with Crippen molar-refractivity contribution in [3.8, 4) is 10.4 Å². The first-order valence-electron chi connectivity index (χ1n) is 8.21. The smallest absolute Gasteiger partial charge is 0.244 e. The summed E-state index contributed by atoms with van der Waals surface area (Å²) in [6, 6.07) is 10.1. The second-order valence-electron chi connectivity index (χ2n) is 5.85. The van der Waals surface area contributed by atoms with Gasteiger partial charge in [0.15, 0.2) is 0 Å². The largest absolute Gasteiger partial charge is 0.343 e. The maximum absolute atomic E-state index is 13.0. The van der Waals surface area contributed by atoms with Crippen LogP contribution in [0.2, 0.25) is 0 Å². The van der Waals surface area contributed by atoms with Crippen LogP contribution < -0.4 is 5.32 Å². The maximum Gasteiger partial charge on any atom is 0.244 e. The zero-order valence-corrected chi connectivity index (χ0v) is 14.5. The van der Waals surface area contributed by atoms with Gasteiger partial charge in [-0.3, -0.25) is 9.59 Å². The molecule has 130 valence electrons. The summed E-state index contributed by atoms with van der Waals surface area (Å²) in [7, 11) is 0. The number of carbonyl (C=O) groups is 2. The SMILES string of the molecule is O=C(/C=C/c1ccc(-c2ccc(F)cc2)s1)NCC(=O)N1CCCC1. The van der Waals surface area contributed by atoms with Gasteiger partial charge in [0.25, 0.3) is 0 Å². The topological polar surface area (TPSA) is 49.4 Å². The van der Waals surface area contributed by atoms with Gasteiger partial charge in [-0.25, -0.2) is 4.39 Å². The highest BCUT2D eigenvalue weighted by atomic mass is 32.1. The van der Waals surface area contributed by atoms with Crippen molar-refractivity contribution in [2.45, 2.75) is 12.8 Å². The van der Waals surface area contributed by atoms with E-state index in [1.165, 1.54) is 29.5 Å². The van der Waals surface area contributed by atoms with Crippen LogP contribution in [-0.2, 0) is 9.59 Å². The summed E-state index contributed by atoms with van der Waals surface area (Å²) in [4.78, 5) is 27.4. The number of rotatable bonds is 5. The standard InChI is InChI=1S/C19H19FN2O2S/c20-15-5-3-14(4-6-15)17-9-7-16(25-17)8-10-18(23)21-13-19(24)22-11-1-2-12-22/h3-10H,1-2,11-13H2,(H,21,23)/b10-8+. The minimum absolute atomic E-state index is 0.0334. The molecule has 0 bridgehead atoms. The van der Waals surface area contributed by atoms with Gasteiger partial charge in [0.1, 0.15) is 5.82 Å². The number of thiophene rings is 1. The van der Waals surface area contributed by atoms with Crippen molar-refractivity contribution >= 4 is 29.2 Å². The predicted octanol–water partition coefficient (Wildman–Crippen LogP) is 3.31. The van der Waals surface area contributed by atoms with Crippen molar-refractivity contribution < 1.29 is 14.0 Å². The van der Waals surface area contributed by atoms with Gasteiger partial charge >= 0.3 is 0 Å². The highest BCUT2D eigenvalue weighted by Gasteiger charge is 2.17. The molecule has 0 saturated carbocycles. The van der Waals surface area contributed by atoms with E-state index >= 15 is 0 Å². The van der Waals surface area contributed by atoms with E-state index in [9.17, 15) is 14.0 Å². The number of amides is 2. The van der Waals surface area contributed by atoms with Crippen LogP contribution in [-0.4, -0.2) is 36.3 Å². The van der Waals surface area contributed by atoms with Gasteiger partial charge in [-0.15, -0.1) is 11.3 Å². The molecule has 25 heavy (non-hydrogen) atoms. The first-order chi connectivity index (χ1) is 12.1. The number of nitrogens with zero attached hydrogens (tertiary/aromatic N) is 1. The van der Waals surface area contributed by atoms with Crippen molar-refractivity contribution in [2.24, 2.45) is 0 Å². The Morgan fingerprint density at radius 3 is 2.56 bits per heavy atom. The van der Waals surface area contributed by atoms with E-state index in [0.29, 0.717) is 0 Å². The molecule has 0 radical (unpaired) electrons. The fourth-order valence-electron chi connectivity index (χ4n) is 2.67. The maximum atomic E-state index is 13.0. The third-order valence-electron chi connectivity index (χ3n) is 4.03. The number of benzene rings is 1. The van der Waals surface area contributed by atoms with Crippen molar-refractivity contribution in [1.82, 2.24) is 10.2 Å². The fraction of sp³-hybridized carbons (Fsp3) is 0.263. The highest BCUT2D eigenvalue weighted by molar-refractivity contribution is 7.16. The zero-order valence-electron chi connectivity index (χ0n) is 13.7. The number of hydrogen-bond acceptors (Lipinski definition) is 3. The van der Waals surface area contributed by atoms with Gasteiger partial charge in [-0.2, -0.15) is 0 Å². The second-order valence-corrected chi connectivity index (χ2v) is 6.96. The van der Waals surface area contributed by atoms with Crippen LogP contribution in [0.4, 0.5) is 4.39 Å². The molecule has 2 heterocycles. The molecular formula is C19H19FN2O2S. The second kappa shape index (κ2) is 8.07. The summed E-state index contributed by atoms with van der Waals surface area (Å²) in [5.74, 6) is -0.584. The first-order valence-corrected chi connectivity index (χ1v) is 9.03. The van der Waals surface area contributed by atoms with E-state index in [1.54, 1.807) is 23.1 Å². The van der Waals surface area contributed by atoms with Crippen molar-refractivity contribution in [3.63, 3.8) is 0 Å². The Morgan fingerprint density at radius 2 is 1.84 bits per heavy atom. The van der Waals surface area contributed by atoms with Crippen molar-refractivity contribution in [1.29, 1.82) is 0 Å². The normalized spacial score (nSPS) is 14.2. The Hall–Kier alpha value is -2.47. The molecule has 0 aliphatic carbocycles. The average Bonchev–Trinajstić information content (AvgIpc) is 3.30. The molecule has 2 amide bonds. The average molecular weight is 358 g/mol. The Bertz CT molecular complexity index is 777. The van der Waals surface area contributed by atoms with Crippen LogP contribution in [0.15, 0.2) is 42.5 Å². The number of likely N-dealkylation sites (tertiary alicyclic amines) is 1. The molecule has 1 aliphatic rings. The summed E-state index contributed by atoms with van der Waals surface area (Å²) in [5, 5.41) is 2.62. The number of carbonyl (C=O) groups excluding carboxylic acids is 2. The van der Waals surface area contributed by atoms with E-state index < -0.39 is 0 Å². The van der Waals surface area contributed by atoms with Crippen LogP contribution in [0.5, 0.6) is 0 Å². The summed E-state index contributed by atoms with van der Waals surface area (Å²) in [5.41, 5.74) is 0.937. The lowest BCUT2D eigenvalue weighted by Crippen LogP contribution is -2.38. The molecule has 1 fully saturated rings. The number of halogens is 1. The molecule has 0 atom stereocenters. The molecule has 1 aliphatic heterocycles. The molecule has 1 aromatic carbocycles. The molecule has 1 N–H and O–H groups in total. The van der Waals surface area contributed by atoms with Crippen LogP contribution >= 0.6 is 11.3 Å². The lowest BCUT2D eigenvalue weighted by atomic mass is 10.2. The Labute approximate surface area is 150 Å². The van der Waals surface area contributed by atoms with Gasteiger partial charge in [0, 0.05) is 28.9 Å². The minimum atomic E-state index is -0.288. The van der Waals surface area contributed by atoms with Gasteiger partial charge in [-0.1, -0.05) is 12.1 Å². The highest BCUT2D eigenvalue weighted by Crippen LogP contribution is 2.28. The summed E-state index contributed by atoms with van der Waals surface area (Å²) in [6.45, 7) is 1.60. The Balaban J connectivity index is 1.52. The molecule has 3 rings (SSSR count). The Kier molecular flexibility index (Phi) is 5.60. The lowest BCUT2D eigenvalue weighted by molar-refractivity contribution is -0.131. The zero-order chi connectivity index (χ0) is 17.6. The third kappa shape index (κ3) is 4.76. The summed E-state index contributed by atoms with van der Waals surface area (Å²) >= 11 is 1.51. The van der Waals surface area contributed by atoms with Crippen molar-refractivity contribution in [2.75, 3.05) is 19.6 Å². The molecule has 2 aromatic rings. The van der Waals surface area contributed by atoms with Crippen LogP contribution in [0.3, 0.4) is 0 Å². The molecule has 4 nitrogen and oxygen atoms in total. The minimum Gasteiger partial charge on any atom is -0.343 e. The number of hydrogen-bond donors (Lipinski definition) is 1. The molecule has 0 unspecified atom stereocenters. The quantitative estimate of drug-likeness (QED) is 0.834. The summed E-state index contributed by atoms with van der Waals surface area (Å²) in [6.07, 6.45) is 5.22. The summed E-state index contributed by atoms with van der Waals surface area (Å²) < 4.78 is 13.0. The van der Waals surface area contributed by atoms with Crippen LogP contribution in [0.25, 0.3) is 16.5 Å². The van der Waals surface area contributed by atoms with E-state index in [-0.39, 0.29) is 24.2 Å². The predicted molar refractivity (Wildman–Crippen MR) is 97.6 cm³/mol. The first kappa shape index (κ1) is 17.4. The van der Waals surface area contributed by atoms with Crippen molar-refractivity contribution in [3.05, 3.63) is 53.2 Å². The van der Waals surface area contributed by atoms with Gasteiger partial charge < -0.3 is 10.2 Å². The molecular weight excluding hydrogens is 339 g/mol. The number of nitrogens with one attached hydrogen (secondary N) is 1. The molecule has 0 spiro atoms.